The third-order valence-corrected chi connectivity index (χ3v) is 3.84. The average Bonchev–Trinajstić information content (AvgIpc) is 2.80. The van der Waals surface area contributed by atoms with Crippen molar-refractivity contribution >= 4 is 34.4 Å². The number of amidine groups is 1. The predicted molar refractivity (Wildman–Crippen MR) is 81.6 cm³/mol. The lowest BCUT2D eigenvalue weighted by Gasteiger charge is -2.08. The van der Waals surface area contributed by atoms with Gasteiger partial charge in [0.25, 0.3) is 0 Å². The van der Waals surface area contributed by atoms with Gasteiger partial charge in [-0.15, -0.1) is 6.58 Å². The highest BCUT2D eigenvalue weighted by Crippen LogP contribution is 2.23. The summed E-state index contributed by atoms with van der Waals surface area (Å²) in [7, 11) is 0. The van der Waals surface area contributed by atoms with Gasteiger partial charge in [0.2, 0.25) is 11.8 Å². The quantitative estimate of drug-likeness (QED) is 0.814. The van der Waals surface area contributed by atoms with E-state index < -0.39 is 22.8 Å². The third-order valence-electron chi connectivity index (χ3n) is 2.72. The summed E-state index contributed by atoms with van der Waals surface area (Å²) in [5.74, 6) is -2.47. The van der Waals surface area contributed by atoms with Gasteiger partial charge in [-0.3, -0.25) is 14.6 Å². The molecule has 1 aliphatic heterocycles. The first kappa shape index (κ1) is 16.2. The van der Waals surface area contributed by atoms with Crippen LogP contribution in [0.4, 0.5) is 14.5 Å². The van der Waals surface area contributed by atoms with E-state index in [9.17, 15) is 18.4 Å². The highest BCUT2D eigenvalue weighted by molar-refractivity contribution is 8.15. The van der Waals surface area contributed by atoms with Crippen LogP contribution >= 0.6 is 11.8 Å². The summed E-state index contributed by atoms with van der Waals surface area (Å²) in [6.07, 6.45) is 1.44. The van der Waals surface area contributed by atoms with Crippen molar-refractivity contribution in [2.24, 2.45) is 4.99 Å². The van der Waals surface area contributed by atoms with Crippen LogP contribution in [0.3, 0.4) is 0 Å². The minimum atomic E-state index is -0.870. The molecular formula is C14H13F2N3O2S. The topological polar surface area (TPSA) is 70.6 Å². The lowest BCUT2D eigenvalue weighted by atomic mass is 10.2. The van der Waals surface area contributed by atoms with Crippen molar-refractivity contribution in [2.75, 3.05) is 11.9 Å². The van der Waals surface area contributed by atoms with Crippen molar-refractivity contribution in [1.29, 1.82) is 0 Å². The standard InChI is InChI=1S/C14H13F2N3O2S/c1-2-5-17-14-19-13(21)11(22-14)7-12(20)18-10-4-3-8(15)6-9(10)16/h2-4,6,11H,1,5,7H2,(H,18,20)(H,17,19,21)/t11-/m0/s1. The van der Waals surface area contributed by atoms with Crippen LogP contribution in [0.1, 0.15) is 6.42 Å². The van der Waals surface area contributed by atoms with Gasteiger partial charge in [-0.1, -0.05) is 17.8 Å². The first-order chi connectivity index (χ1) is 10.5. The first-order valence-corrected chi connectivity index (χ1v) is 7.25. The Bertz CT molecular complexity index is 649. The lowest BCUT2D eigenvalue weighted by molar-refractivity contribution is -0.122. The van der Waals surface area contributed by atoms with E-state index in [1.165, 1.54) is 0 Å². The Hall–Kier alpha value is -2.22. The predicted octanol–water partition coefficient (Wildman–Crippen LogP) is 2.07. The van der Waals surface area contributed by atoms with Gasteiger partial charge in [0.1, 0.15) is 16.9 Å². The summed E-state index contributed by atoms with van der Waals surface area (Å²) in [5, 5.41) is 4.66. The second kappa shape index (κ2) is 7.17. The molecule has 1 heterocycles. The largest absolute Gasteiger partial charge is 0.324 e. The number of nitrogens with one attached hydrogen (secondary N) is 2. The molecule has 1 fully saturated rings. The van der Waals surface area contributed by atoms with E-state index in [4.69, 9.17) is 0 Å². The third kappa shape index (κ3) is 4.14. The van der Waals surface area contributed by atoms with Crippen molar-refractivity contribution in [3.63, 3.8) is 0 Å². The van der Waals surface area contributed by atoms with Crippen LogP contribution in [0.15, 0.2) is 35.8 Å². The number of thioether (sulfide) groups is 1. The molecule has 116 valence electrons. The molecule has 8 heteroatoms. The van der Waals surface area contributed by atoms with Crippen LogP contribution in [0, 0.1) is 11.6 Å². The van der Waals surface area contributed by atoms with Crippen molar-refractivity contribution in [1.82, 2.24) is 5.32 Å². The number of nitrogens with zero attached hydrogens (tertiary/aromatic N) is 1. The maximum Gasteiger partial charge on any atom is 0.240 e. The summed E-state index contributed by atoms with van der Waals surface area (Å²) in [5.41, 5.74) is -0.129. The summed E-state index contributed by atoms with van der Waals surface area (Å²) in [6.45, 7) is 3.88. The number of hydrogen-bond donors (Lipinski definition) is 2. The molecule has 22 heavy (non-hydrogen) atoms. The molecule has 5 nitrogen and oxygen atoms in total. The number of benzene rings is 1. The number of halogens is 2. The average molecular weight is 325 g/mol. The number of anilines is 1. The molecule has 0 saturated carbocycles. The number of rotatable bonds is 5. The van der Waals surface area contributed by atoms with Gasteiger partial charge < -0.3 is 10.6 Å². The number of carbonyl (C=O) groups is 2. The summed E-state index contributed by atoms with van der Waals surface area (Å²) < 4.78 is 26.2. The molecule has 0 aliphatic carbocycles. The van der Waals surface area contributed by atoms with Crippen LogP contribution in [0.25, 0.3) is 0 Å². The second-order valence-corrected chi connectivity index (χ2v) is 5.60. The molecule has 1 aromatic carbocycles. The molecule has 0 spiro atoms. The van der Waals surface area contributed by atoms with E-state index in [1.54, 1.807) is 6.08 Å². The van der Waals surface area contributed by atoms with E-state index in [-0.39, 0.29) is 18.0 Å². The first-order valence-electron chi connectivity index (χ1n) is 6.37. The number of amides is 2. The van der Waals surface area contributed by atoms with Crippen molar-refractivity contribution in [3.8, 4) is 0 Å². The Kier molecular flexibility index (Phi) is 5.26. The van der Waals surface area contributed by atoms with Gasteiger partial charge >= 0.3 is 0 Å². The molecule has 2 rings (SSSR count). The molecule has 2 N–H and O–H groups in total. The minimum absolute atomic E-state index is 0.129. The lowest BCUT2D eigenvalue weighted by Crippen LogP contribution is -2.28. The Labute approximate surface area is 129 Å². The van der Waals surface area contributed by atoms with Crippen LogP contribution in [0.5, 0.6) is 0 Å². The van der Waals surface area contributed by atoms with Crippen LogP contribution in [-0.4, -0.2) is 28.8 Å². The SMILES string of the molecule is C=CCN=C1NC(=O)[C@H](CC(=O)Nc2ccc(F)cc2F)S1. The van der Waals surface area contributed by atoms with Crippen LogP contribution in [0.2, 0.25) is 0 Å². The molecule has 1 aromatic rings. The minimum Gasteiger partial charge on any atom is -0.324 e. The summed E-state index contributed by atoms with van der Waals surface area (Å²) >= 11 is 1.13. The van der Waals surface area contributed by atoms with Crippen LogP contribution < -0.4 is 10.6 Å². The molecule has 0 bridgehead atoms. The molecular weight excluding hydrogens is 312 g/mol. The molecule has 1 saturated heterocycles. The highest BCUT2D eigenvalue weighted by atomic mass is 32.2. The van der Waals surface area contributed by atoms with Gasteiger partial charge in [0, 0.05) is 12.5 Å². The molecule has 0 radical (unpaired) electrons. The van der Waals surface area contributed by atoms with Gasteiger partial charge in [-0.05, 0) is 12.1 Å². The Morgan fingerprint density at radius 2 is 2.27 bits per heavy atom. The van der Waals surface area contributed by atoms with E-state index in [0.29, 0.717) is 17.8 Å². The fourth-order valence-electron chi connectivity index (χ4n) is 1.72. The van der Waals surface area contributed by atoms with Crippen molar-refractivity contribution in [3.05, 3.63) is 42.5 Å². The maximum absolute atomic E-state index is 13.4. The van der Waals surface area contributed by atoms with Gasteiger partial charge in [-0.2, -0.15) is 0 Å². The van der Waals surface area contributed by atoms with Gasteiger partial charge in [0.05, 0.1) is 12.2 Å². The number of aliphatic imine (C=N–C) groups is 1. The van der Waals surface area contributed by atoms with E-state index >= 15 is 0 Å². The molecule has 0 aromatic heterocycles. The van der Waals surface area contributed by atoms with E-state index in [2.05, 4.69) is 22.2 Å². The van der Waals surface area contributed by atoms with E-state index in [1.807, 2.05) is 0 Å². The fourth-order valence-corrected chi connectivity index (χ4v) is 2.70. The summed E-state index contributed by atoms with van der Waals surface area (Å²) in [6, 6.07) is 2.84. The van der Waals surface area contributed by atoms with E-state index in [0.717, 1.165) is 23.9 Å². The number of carbonyl (C=O) groups excluding carboxylic acids is 2. The monoisotopic (exact) mass is 325 g/mol. The molecule has 2 amide bonds. The Morgan fingerprint density at radius 1 is 1.50 bits per heavy atom. The second-order valence-electron chi connectivity index (χ2n) is 4.41. The van der Waals surface area contributed by atoms with Gasteiger partial charge in [-0.25, -0.2) is 8.78 Å². The highest BCUT2D eigenvalue weighted by Gasteiger charge is 2.32. The molecule has 1 aliphatic rings. The molecule has 1 atom stereocenters. The fraction of sp³-hybridized carbons (Fsp3) is 0.214. The number of hydrogen-bond acceptors (Lipinski definition) is 4. The zero-order chi connectivity index (χ0) is 16.1. The summed E-state index contributed by atoms with van der Waals surface area (Å²) in [4.78, 5) is 27.6. The Balaban J connectivity index is 1.95. The Morgan fingerprint density at radius 3 is 2.95 bits per heavy atom. The molecule has 0 unspecified atom stereocenters. The van der Waals surface area contributed by atoms with Crippen molar-refractivity contribution in [2.45, 2.75) is 11.7 Å². The smallest absolute Gasteiger partial charge is 0.240 e. The normalized spacial score (nSPS) is 19.1. The zero-order valence-corrected chi connectivity index (χ0v) is 12.3. The maximum atomic E-state index is 13.4. The van der Waals surface area contributed by atoms with Crippen LogP contribution in [-0.2, 0) is 9.59 Å². The zero-order valence-electron chi connectivity index (χ0n) is 11.4. The van der Waals surface area contributed by atoms with Crippen molar-refractivity contribution < 1.29 is 18.4 Å². The van der Waals surface area contributed by atoms with Gasteiger partial charge in [0.15, 0.2) is 5.17 Å².